The lowest BCUT2D eigenvalue weighted by atomic mass is 9.76. The topological polar surface area (TPSA) is 76.1 Å². The quantitative estimate of drug-likeness (QED) is 0.806. The van der Waals surface area contributed by atoms with E-state index in [1.54, 1.807) is 19.1 Å². The summed E-state index contributed by atoms with van der Waals surface area (Å²) in [5.41, 5.74) is 0.148. The minimum atomic E-state index is -0.835. The smallest absolute Gasteiger partial charge is 0.311 e. The summed E-state index contributed by atoms with van der Waals surface area (Å²) in [5.74, 6) is 0.233. The van der Waals surface area contributed by atoms with Gasteiger partial charge in [0.2, 0.25) is 5.91 Å². The van der Waals surface area contributed by atoms with Crippen LogP contribution in [0.15, 0.2) is 18.2 Å². The average molecular weight is 363 g/mol. The molecule has 2 atom stereocenters. The van der Waals surface area contributed by atoms with Gasteiger partial charge in [-0.15, -0.1) is 0 Å². The Hall–Kier alpha value is -2.24. The van der Waals surface area contributed by atoms with Gasteiger partial charge in [-0.25, -0.2) is 0 Å². The number of hydrogen-bond donors (Lipinski definition) is 1. The zero-order valence-corrected chi connectivity index (χ0v) is 16.2. The van der Waals surface area contributed by atoms with Crippen molar-refractivity contribution in [3.8, 4) is 11.5 Å². The summed E-state index contributed by atoms with van der Waals surface area (Å²) < 4.78 is 10.5. The van der Waals surface area contributed by atoms with Crippen LogP contribution in [0.1, 0.15) is 32.8 Å². The molecule has 1 aliphatic rings. The van der Waals surface area contributed by atoms with Gasteiger partial charge in [0.1, 0.15) is 0 Å². The third-order valence-corrected chi connectivity index (χ3v) is 5.56. The van der Waals surface area contributed by atoms with Crippen LogP contribution in [-0.4, -0.2) is 49.2 Å². The lowest BCUT2D eigenvalue weighted by Crippen LogP contribution is -2.42. The second-order valence-electron chi connectivity index (χ2n) is 7.42. The van der Waals surface area contributed by atoms with Crippen molar-refractivity contribution < 1.29 is 24.2 Å². The summed E-state index contributed by atoms with van der Waals surface area (Å²) in [6.07, 6.45) is 1.08. The molecule has 1 amide bonds. The van der Waals surface area contributed by atoms with Crippen LogP contribution in [-0.2, 0) is 16.0 Å². The van der Waals surface area contributed by atoms with E-state index in [0.29, 0.717) is 30.9 Å². The predicted molar refractivity (Wildman–Crippen MR) is 98.5 cm³/mol. The number of amides is 1. The zero-order valence-electron chi connectivity index (χ0n) is 16.2. The maximum Gasteiger partial charge on any atom is 0.311 e. The fourth-order valence-corrected chi connectivity index (χ4v) is 3.67. The van der Waals surface area contributed by atoms with Crippen LogP contribution in [0.4, 0.5) is 0 Å². The number of ether oxygens (including phenoxy) is 2. The Kier molecular flexibility index (Phi) is 6.16. The van der Waals surface area contributed by atoms with Crippen molar-refractivity contribution in [3.63, 3.8) is 0 Å². The lowest BCUT2D eigenvalue weighted by Gasteiger charge is -2.29. The van der Waals surface area contributed by atoms with Crippen LogP contribution < -0.4 is 9.47 Å². The molecule has 6 nitrogen and oxygen atoms in total. The van der Waals surface area contributed by atoms with Crippen molar-refractivity contribution in [1.29, 1.82) is 0 Å². The molecule has 0 radical (unpaired) electrons. The maximum atomic E-state index is 12.8. The first kappa shape index (κ1) is 20.1. The second kappa shape index (κ2) is 7.98. The number of carboxylic acids is 1. The number of carbonyl (C=O) groups is 2. The van der Waals surface area contributed by atoms with Crippen molar-refractivity contribution >= 4 is 11.9 Å². The van der Waals surface area contributed by atoms with Crippen molar-refractivity contribution in [1.82, 2.24) is 4.90 Å². The first-order chi connectivity index (χ1) is 12.2. The van der Waals surface area contributed by atoms with Crippen molar-refractivity contribution in [2.75, 3.05) is 27.3 Å². The largest absolute Gasteiger partial charge is 0.493 e. The average Bonchev–Trinajstić information content (AvgIpc) is 3.07. The summed E-state index contributed by atoms with van der Waals surface area (Å²) in [4.78, 5) is 26.3. The molecule has 1 saturated heterocycles. The molecule has 1 aliphatic heterocycles. The van der Waals surface area contributed by atoms with Gasteiger partial charge in [-0.3, -0.25) is 9.59 Å². The SMILES string of the molecule is COc1ccc(CC(C)C(=O)N2CCC(C(=O)O)(C(C)C)C2)cc1OC. The Morgan fingerprint density at radius 3 is 2.35 bits per heavy atom. The molecule has 144 valence electrons. The number of methoxy groups -OCH3 is 2. The maximum absolute atomic E-state index is 12.8. The van der Waals surface area contributed by atoms with Crippen LogP contribution in [0.3, 0.4) is 0 Å². The van der Waals surface area contributed by atoms with E-state index in [2.05, 4.69) is 0 Å². The molecule has 2 rings (SSSR count). The van der Waals surface area contributed by atoms with Gasteiger partial charge in [0.05, 0.1) is 19.6 Å². The number of likely N-dealkylation sites (tertiary alicyclic amines) is 1. The Balaban J connectivity index is 2.08. The number of aliphatic carboxylic acids is 1. The third kappa shape index (κ3) is 3.79. The number of carbonyl (C=O) groups excluding carboxylic acids is 1. The van der Waals surface area contributed by atoms with Gasteiger partial charge in [0.25, 0.3) is 0 Å². The normalized spacial score (nSPS) is 20.9. The fraction of sp³-hybridized carbons (Fsp3) is 0.600. The van der Waals surface area contributed by atoms with Crippen molar-refractivity contribution in [2.24, 2.45) is 17.3 Å². The summed E-state index contributed by atoms with van der Waals surface area (Å²) in [6, 6.07) is 5.63. The van der Waals surface area contributed by atoms with E-state index in [9.17, 15) is 14.7 Å². The van der Waals surface area contributed by atoms with Crippen LogP contribution in [0.5, 0.6) is 11.5 Å². The summed E-state index contributed by atoms with van der Waals surface area (Å²) in [7, 11) is 3.17. The first-order valence-electron chi connectivity index (χ1n) is 8.98. The van der Waals surface area contributed by atoms with Crippen molar-refractivity contribution in [3.05, 3.63) is 23.8 Å². The Morgan fingerprint density at radius 1 is 1.19 bits per heavy atom. The van der Waals surface area contributed by atoms with E-state index >= 15 is 0 Å². The minimum absolute atomic E-state index is 0.00330. The van der Waals surface area contributed by atoms with E-state index in [1.807, 2.05) is 39.0 Å². The van der Waals surface area contributed by atoms with E-state index < -0.39 is 11.4 Å². The first-order valence-corrected chi connectivity index (χ1v) is 8.98. The van der Waals surface area contributed by atoms with Crippen LogP contribution in [0.2, 0.25) is 0 Å². The Morgan fingerprint density at radius 2 is 1.85 bits per heavy atom. The van der Waals surface area contributed by atoms with Gasteiger partial charge >= 0.3 is 5.97 Å². The Bertz CT molecular complexity index is 672. The van der Waals surface area contributed by atoms with Crippen LogP contribution in [0, 0.1) is 17.3 Å². The second-order valence-corrected chi connectivity index (χ2v) is 7.42. The molecule has 0 spiro atoms. The summed E-state index contributed by atoms with van der Waals surface area (Å²) in [6.45, 7) is 6.49. The Labute approximate surface area is 155 Å². The highest BCUT2D eigenvalue weighted by Gasteiger charge is 2.48. The summed E-state index contributed by atoms with van der Waals surface area (Å²) >= 11 is 0. The standard InChI is InChI=1S/C20H29NO5/c1-13(2)20(19(23)24)8-9-21(12-20)18(22)14(3)10-15-6-7-16(25-4)17(11-15)26-5/h6-7,11,13-14H,8-10,12H2,1-5H3,(H,23,24). The third-order valence-electron chi connectivity index (χ3n) is 5.56. The van der Waals surface area contributed by atoms with E-state index in [0.717, 1.165) is 5.56 Å². The van der Waals surface area contributed by atoms with Gasteiger partial charge in [-0.2, -0.15) is 0 Å². The number of carboxylic acid groups (broad SMARTS) is 1. The monoisotopic (exact) mass is 363 g/mol. The molecule has 0 aromatic heterocycles. The zero-order chi connectivity index (χ0) is 19.5. The van der Waals surface area contributed by atoms with E-state index in [-0.39, 0.29) is 24.3 Å². The number of rotatable bonds is 7. The molecule has 2 unspecified atom stereocenters. The van der Waals surface area contributed by atoms with E-state index in [1.165, 1.54) is 0 Å². The lowest BCUT2D eigenvalue weighted by molar-refractivity contribution is -0.151. The highest BCUT2D eigenvalue weighted by atomic mass is 16.5. The number of hydrogen-bond acceptors (Lipinski definition) is 4. The molecule has 26 heavy (non-hydrogen) atoms. The number of benzene rings is 1. The molecular weight excluding hydrogens is 334 g/mol. The molecule has 0 saturated carbocycles. The van der Waals surface area contributed by atoms with E-state index in [4.69, 9.17) is 9.47 Å². The molecule has 1 aromatic rings. The van der Waals surface area contributed by atoms with Gasteiger partial charge in [0, 0.05) is 19.0 Å². The highest BCUT2D eigenvalue weighted by molar-refractivity contribution is 5.82. The summed E-state index contributed by atoms with van der Waals surface area (Å²) in [5, 5.41) is 9.65. The molecule has 1 aromatic carbocycles. The molecule has 1 N–H and O–H groups in total. The minimum Gasteiger partial charge on any atom is -0.493 e. The van der Waals surface area contributed by atoms with Gasteiger partial charge in [0.15, 0.2) is 11.5 Å². The molecule has 6 heteroatoms. The van der Waals surface area contributed by atoms with Gasteiger partial charge in [-0.1, -0.05) is 26.8 Å². The van der Waals surface area contributed by atoms with Crippen LogP contribution >= 0.6 is 0 Å². The van der Waals surface area contributed by atoms with Crippen LogP contribution in [0.25, 0.3) is 0 Å². The van der Waals surface area contributed by atoms with Gasteiger partial charge in [-0.05, 0) is 36.5 Å². The molecule has 1 fully saturated rings. The highest BCUT2D eigenvalue weighted by Crippen LogP contribution is 2.39. The van der Waals surface area contributed by atoms with Crippen molar-refractivity contribution in [2.45, 2.75) is 33.6 Å². The molecule has 0 bridgehead atoms. The number of nitrogens with zero attached hydrogens (tertiary/aromatic N) is 1. The molecule has 1 heterocycles. The molecule has 0 aliphatic carbocycles. The van der Waals surface area contributed by atoms with Gasteiger partial charge < -0.3 is 19.5 Å². The predicted octanol–water partition coefficient (Wildman–Crippen LogP) is 2.84. The molecular formula is C20H29NO5. The fourth-order valence-electron chi connectivity index (χ4n) is 3.67.